The molecule has 2 saturated heterocycles. The van der Waals surface area contributed by atoms with Gasteiger partial charge in [-0.05, 0) is 37.8 Å². The van der Waals surface area contributed by atoms with Gasteiger partial charge in [-0.2, -0.15) is 11.8 Å². The van der Waals surface area contributed by atoms with Gasteiger partial charge >= 0.3 is 0 Å². The minimum absolute atomic E-state index is 0.775. The van der Waals surface area contributed by atoms with Crippen molar-refractivity contribution in [3.8, 4) is 0 Å². The van der Waals surface area contributed by atoms with Crippen LogP contribution in [0.25, 0.3) is 0 Å². The van der Waals surface area contributed by atoms with Crippen molar-refractivity contribution in [3.63, 3.8) is 0 Å². The first-order valence-corrected chi connectivity index (χ1v) is 7.94. The van der Waals surface area contributed by atoms with E-state index in [9.17, 15) is 0 Å². The van der Waals surface area contributed by atoms with E-state index in [4.69, 9.17) is 0 Å². The Balaban J connectivity index is 1.63. The number of likely N-dealkylation sites (tertiary alicyclic amines) is 1. The number of hydrogen-bond donors (Lipinski definition) is 1. The average molecular weight is 242 g/mol. The molecule has 0 aliphatic carbocycles. The van der Waals surface area contributed by atoms with E-state index in [2.05, 4.69) is 35.8 Å². The molecule has 2 unspecified atom stereocenters. The number of nitrogens with zero attached hydrogens (tertiary/aromatic N) is 1. The molecule has 0 spiro atoms. The molecule has 2 nitrogen and oxygen atoms in total. The van der Waals surface area contributed by atoms with Crippen LogP contribution in [0.1, 0.15) is 26.7 Å². The van der Waals surface area contributed by atoms with Gasteiger partial charge in [-0.1, -0.05) is 13.8 Å². The summed E-state index contributed by atoms with van der Waals surface area (Å²) in [4.78, 5) is 2.67. The maximum Gasteiger partial charge on any atom is 0.0170 e. The van der Waals surface area contributed by atoms with Crippen molar-refractivity contribution >= 4 is 11.8 Å². The quantitative estimate of drug-likeness (QED) is 0.812. The van der Waals surface area contributed by atoms with Gasteiger partial charge in [0.25, 0.3) is 0 Å². The summed E-state index contributed by atoms with van der Waals surface area (Å²) >= 11 is 2.11. The Kier molecular flexibility index (Phi) is 4.98. The smallest absolute Gasteiger partial charge is 0.0170 e. The molecule has 0 aromatic rings. The van der Waals surface area contributed by atoms with Crippen LogP contribution >= 0.6 is 11.8 Å². The van der Waals surface area contributed by atoms with Gasteiger partial charge in [0.2, 0.25) is 0 Å². The fourth-order valence-corrected chi connectivity index (χ4v) is 3.75. The number of hydrogen-bond acceptors (Lipinski definition) is 3. The Bertz CT molecular complexity index is 202. The van der Waals surface area contributed by atoms with Gasteiger partial charge < -0.3 is 10.2 Å². The van der Waals surface area contributed by atoms with Crippen LogP contribution in [0.3, 0.4) is 0 Å². The van der Waals surface area contributed by atoms with Crippen molar-refractivity contribution < 1.29 is 0 Å². The molecule has 0 radical (unpaired) electrons. The van der Waals surface area contributed by atoms with E-state index in [1.165, 1.54) is 50.5 Å². The Morgan fingerprint density at radius 2 is 2.31 bits per heavy atom. The molecule has 16 heavy (non-hydrogen) atoms. The lowest BCUT2D eigenvalue weighted by Crippen LogP contribution is -2.39. The van der Waals surface area contributed by atoms with E-state index in [0.29, 0.717) is 0 Å². The van der Waals surface area contributed by atoms with Gasteiger partial charge in [0.15, 0.2) is 0 Å². The lowest BCUT2D eigenvalue weighted by atomic mass is 9.95. The van der Waals surface area contributed by atoms with Crippen molar-refractivity contribution in [1.29, 1.82) is 0 Å². The topological polar surface area (TPSA) is 15.3 Å². The SMILES string of the molecule is CC(C)C1CCN(CCC2CSCCN2)C1. The third-order valence-electron chi connectivity index (χ3n) is 4.04. The molecule has 0 bridgehead atoms. The highest BCUT2D eigenvalue weighted by molar-refractivity contribution is 7.99. The van der Waals surface area contributed by atoms with Crippen LogP contribution in [0.2, 0.25) is 0 Å². The fourth-order valence-electron chi connectivity index (χ4n) is 2.75. The number of rotatable bonds is 4. The monoisotopic (exact) mass is 242 g/mol. The third-order valence-corrected chi connectivity index (χ3v) is 5.17. The molecule has 0 aromatic heterocycles. The lowest BCUT2D eigenvalue weighted by Gasteiger charge is -2.25. The summed E-state index contributed by atoms with van der Waals surface area (Å²) in [5, 5.41) is 3.63. The molecule has 2 rings (SSSR count). The van der Waals surface area contributed by atoms with Crippen molar-refractivity contribution in [1.82, 2.24) is 10.2 Å². The predicted octanol–water partition coefficient (Wildman–Crippen LogP) is 2.06. The highest BCUT2D eigenvalue weighted by atomic mass is 32.2. The molecular weight excluding hydrogens is 216 g/mol. The maximum atomic E-state index is 3.63. The summed E-state index contributed by atoms with van der Waals surface area (Å²) in [5.74, 6) is 4.44. The van der Waals surface area contributed by atoms with Crippen LogP contribution in [0.15, 0.2) is 0 Å². The number of thioether (sulfide) groups is 1. The van der Waals surface area contributed by atoms with Gasteiger partial charge in [-0.15, -0.1) is 0 Å². The zero-order valence-electron chi connectivity index (χ0n) is 10.7. The Hall–Kier alpha value is 0.270. The van der Waals surface area contributed by atoms with Gasteiger partial charge in [-0.3, -0.25) is 0 Å². The van der Waals surface area contributed by atoms with Gasteiger partial charge in [0.05, 0.1) is 0 Å². The molecule has 3 heteroatoms. The van der Waals surface area contributed by atoms with E-state index in [0.717, 1.165) is 17.9 Å². The molecule has 2 aliphatic heterocycles. The molecular formula is C13H26N2S. The minimum atomic E-state index is 0.775. The summed E-state index contributed by atoms with van der Waals surface area (Å²) in [6, 6.07) is 0.775. The summed E-state index contributed by atoms with van der Waals surface area (Å²) < 4.78 is 0. The van der Waals surface area contributed by atoms with Gasteiger partial charge in [0.1, 0.15) is 0 Å². The minimum Gasteiger partial charge on any atom is -0.312 e. The molecule has 1 N–H and O–H groups in total. The average Bonchev–Trinajstić information content (AvgIpc) is 2.76. The van der Waals surface area contributed by atoms with Crippen LogP contribution < -0.4 is 5.32 Å². The van der Waals surface area contributed by atoms with Crippen molar-refractivity contribution in [2.45, 2.75) is 32.7 Å². The van der Waals surface area contributed by atoms with Gasteiger partial charge in [-0.25, -0.2) is 0 Å². The second-order valence-electron chi connectivity index (χ2n) is 5.61. The van der Waals surface area contributed by atoms with Crippen LogP contribution in [0.5, 0.6) is 0 Å². The van der Waals surface area contributed by atoms with Crippen LogP contribution in [-0.2, 0) is 0 Å². The van der Waals surface area contributed by atoms with Crippen molar-refractivity contribution in [3.05, 3.63) is 0 Å². The Labute approximate surface area is 105 Å². The third kappa shape index (κ3) is 3.64. The summed E-state index contributed by atoms with van der Waals surface area (Å²) in [5.41, 5.74) is 0. The normalized spacial score (nSPS) is 32.4. The van der Waals surface area contributed by atoms with Crippen molar-refractivity contribution in [2.75, 3.05) is 37.7 Å². The molecule has 0 amide bonds. The van der Waals surface area contributed by atoms with E-state index in [1.807, 2.05) is 0 Å². The summed E-state index contributed by atoms with van der Waals surface area (Å²) in [7, 11) is 0. The largest absolute Gasteiger partial charge is 0.312 e. The van der Waals surface area contributed by atoms with E-state index >= 15 is 0 Å². The summed E-state index contributed by atoms with van der Waals surface area (Å²) in [6.07, 6.45) is 2.77. The van der Waals surface area contributed by atoms with Gasteiger partial charge in [0, 0.05) is 30.6 Å². The lowest BCUT2D eigenvalue weighted by molar-refractivity contribution is 0.288. The van der Waals surface area contributed by atoms with Crippen molar-refractivity contribution in [2.24, 2.45) is 11.8 Å². The predicted molar refractivity (Wildman–Crippen MR) is 73.1 cm³/mol. The molecule has 94 valence electrons. The highest BCUT2D eigenvalue weighted by Gasteiger charge is 2.25. The van der Waals surface area contributed by atoms with Crippen LogP contribution in [-0.4, -0.2) is 48.6 Å². The maximum absolute atomic E-state index is 3.63. The van der Waals surface area contributed by atoms with Crippen LogP contribution in [0.4, 0.5) is 0 Å². The number of nitrogens with one attached hydrogen (secondary N) is 1. The molecule has 0 saturated carbocycles. The zero-order chi connectivity index (χ0) is 11.4. The molecule has 2 fully saturated rings. The first-order chi connectivity index (χ1) is 7.75. The fraction of sp³-hybridized carbons (Fsp3) is 1.00. The first kappa shape index (κ1) is 12.7. The Morgan fingerprint density at radius 3 is 2.94 bits per heavy atom. The molecule has 2 aliphatic rings. The second kappa shape index (κ2) is 6.27. The zero-order valence-corrected chi connectivity index (χ0v) is 11.6. The molecule has 0 aromatic carbocycles. The first-order valence-electron chi connectivity index (χ1n) is 6.79. The Morgan fingerprint density at radius 1 is 1.44 bits per heavy atom. The van der Waals surface area contributed by atoms with Crippen LogP contribution in [0, 0.1) is 11.8 Å². The molecule has 2 atom stereocenters. The standard InChI is InChI=1S/C13H26N2S/c1-11(2)12-3-6-15(9-12)7-4-13-10-16-8-5-14-13/h11-14H,3-10H2,1-2H3. The van der Waals surface area contributed by atoms with E-state index in [-0.39, 0.29) is 0 Å². The van der Waals surface area contributed by atoms with E-state index in [1.54, 1.807) is 0 Å². The molecule has 2 heterocycles. The second-order valence-corrected chi connectivity index (χ2v) is 6.76. The summed E-state index contributed by atoms with van der Waals surface area (Å²) in [6.45, 7) is 9.94. The van der Waals surface area contributed by atoms with E-state index < -0.39 is 0 Å². The highest BCUT2D eigenvalue weighted by Crippen LogP contribution is 2.24.